The molecule has 4 heteroatoms. The second kappa shape index (κ2) is 4.67. The summed E-state index contributed by atoms with van der Waals surface area (Å²) in [5, 5.41) is 0. The van der Waals surface area contributed by atoms with Crippen LogP contribution in [0.5, 0.6) is 5.75 Å². The van der Waals surface area contributed by atoms with Crippen LogP contribution in [0.15, 0.2) is 16.6 Å². The van der Waals surface area contributed by atoms with E-state index in [4.69, 9.17) is 16.3 Å². The first-order valence-corrected chi connectivity index (χ1v) is 5.67. The summed E-state index contributed by atoms with van der Waals surface area (Å²) in [4.78, 5) is 0. The highest BCUT2D eigenvalue weighted by Crippen LogP contribution is 2.31. The molecule has 1 aromatic carbocycles. The highest BCUT2D eigenvalue weighted by Gasteiger charge is 2.06. The Morgan fingerprint density at radius 3 is 2.67 bits per heavy atom. The quantitative estimate of drug-likeness (QED) is 0.575. The van der Waals surface area contributed by atoms with Gasteiger partial charge in [-0.3, -0.25) is 0 Å². The van der Waals surface area contributed by atoms with Gasteiger partial charge >= 0.3 is 0 Å². The molecule has 12 heavy (non-hydrogen) atoms. The molecule has 0 N–H and O–H groups in total. The molecule has 0 unspecified atom stereocenters. The van der Waals surface area contributed by atoms with E-state index in [0.717, 1.165) is 19.4 Å². The molecule has 1 rings (SSSR count). The van der Waals surface area contributed by atoms with E-state index in [2.05, 4.69) is 38.5 Å². The molecular weight excluding hydrogens is 354 g/mol. The van der Waals surface area contributed by atoms with Gasteiger partial charge in [-0.2, -0.15) is 0 Å². The van der Waals surface area contributed by atoms with Crippen molar-refractivity contribution in [1.82, 2.24) is 0 Å². The van der Waals surface area contributed by atoms with E-state index < -0.39 is 0 Å². The smallest absolute Gasteiger partial charge is 0.146 e. The Labute approximate surface area is 98.7 Å². The number of alkyl halides is 1. The number of halogens is 3. The molecule has 0 aliphatic carbocycles. The molecule has 0 aliphatic heterocycles. The molecule has 0 saturated heterocycles. The van der Waals surface area contributed by atoms with Crippen LogP contribution in [-0.2, 0) is 5.88 Å². The van der Waals surface area contributed by atoms with Crippen LogP contribution in [-0.4, -0.2) is 7.11 Å². The summed E-state index contributed by atoms with van der Waals surface area (Å²) in [7, 11) is 1.66. The van der Waals surface area contributed by atoms with Gasteiger partial charge in [0, 0.05) is 5.88 Å². The van der Waals surface area contributed by atoms with E-state index in [0.29, 0.717) is 5.88 Å². The fourth-order valence-corrected chi connectivity index (χ4v) is 2.99. The van der Waals surface area contributed by atoms with Gasteiger partial charge in [-0.15, -0.1) is 11.6 Å². The normalized spacial score (nSPS) is 10.0. The van der Waals surface area contributed by atoms with Gasteiger partial charge in [-0.1, -0.05) is 0 Å². The molecule has 1 aromatic rings. The lowest BCUT2D eigenvalue weighted by Crippen LogP contribution is -1.90. The summed E-state index contributed by atoms with van der Waals surface area (Å²) in [5.41, 5.74) is 1.09. The predicted molar refractivity (Wildman–Crippen MR) is 63.0 cm³/mol. The fraction of sp³-hybridized carbons (Fsp3) is 0.250. The lowest BCUT2D eigenvalue weighted by atomic mass is 10.2. The third-order valence-electron chi connectivity index (χ3n) is 1.42. The minimum Gasteiger partial charge on any atom is -0.494 e. The first-order chi connectivity index (χ1) is 5.69. The first kappa shape index (κ1) is 10.6. The first-order valence-electron chi connectivity index (χ1n) is 3.27. The van der Waals surface area contributed by atoms with Crippen molar-refractivity contribution in [1.29, 1.82) is 0 Å². The SMILES string of the molecule is COc1c(Br)cc(CCl)cc1I. The number of hydrogen-bond donors (Lipinski definition) is 0. The molecule has 0 radical (unpaired) electrons. The standard InChI is InChI=1S/C8H7BrClIO/c1-12-8-6(9)2-5(4-10)3-7(8)11/h2-3H,4H2,1H3. The summed E-state index contributed by atoms with van der Waals surface area (Å²) in [6, 6.07) is 3.98. The second-order valence-electron chi connectivity index (χ2n) is 2.23. The topological polar surface area (TPSA) is 9.23 Å². The van der Waals surface area contributed by atoms with Crippen LogP contribution < -0.4 is 4.74 Å². The predicted octanol–water partition coefficient (Wildman–Crippen LogP) is 3.80. The highest BCUT2D eigenvalue weighted by molar-refractivity contribution is 14.1. The van der Waals surface area contributed by atoms with Crippen molar-refractivity contribution < 1.29 is 4.74 Å². The zero-order valence-electron chi connectivity index (χ0n) is 6.40. The highest BCUT2D eigenvalue weighted by atomic mass is 127. The van der Waals surface area contributed by atoms with Crippen molar-refractivity contribution in [3.05, 3.63) is 25.7 Å². The van der Waals surface area contributed by atoms with Crippen molar-refractivity contribution in [2.75, 3.05) is 7.11 Å². The van der Waals surface area contributed by atoms with E-state index >= 15 is 0 Å². The molecule has 0 heterocycles. The van der Waals surface area contributed by atoms with Crippen molar-refractivity contribution in [2.45, 2.75) is 5.88 Å². The van der Waals surface area contributed by atoms with E-state index in [9.17, 15) is 0 Å². The van der Waals surface area contributed by atoms with Crippen molar-refractivity contribution >= 4 is 50.1 Å². The maximum absolute atomic E-state index is 5.70. The molecule has 1 nitrogen and oxygen atoms in total. The summed E-state index contributed by atoms with van der Waals surface area (Å²) in [5.74, 6) is 1.39. The van der Waals surface area contributed by atoms with Crippen LogP contribution >= 0.6 is 50.1 Å². The zero-order valence-corrected chi connectivity index (χ0v) is 10.9. The van der Waals surface area contributed by atoms with E-state index in [1.54, 1.807) is 7.11 Å². The molecule has 0 amide bonds. The third kappa shape index (κ3) is 2.26. The Hall–Kier alpha value is 0.520. The zero-order chi connectivity index (χ0) is 9.14. The Bertz CT molecular complexity index is 267. The molecule has 0 aliphatic rings. The monoisotopic (exact) mass is 360 g/mol. The van der Waals surface area contributed by atoms with Gasteiger partial charge in [0.15, 0.2) is 0 Å². The van der Waals surface area contributed by atoms with E-state index in [-0.39, 0.29) is 0 Å². The Morgan fingerprint density at radius 1 is 1.58 bits per heavy atom. The average Bonchev–Trinajstić information content (AvgIpc) is 2.03. The Kier molecular flexibility index (Phi) is 4.13. The van der Waals surface area contributed by atoms with Crippen molar-refractivity contribution in [3.63, 3.8) is 0 Å². The van der Waals surface area contributed by atoms with Crippen LogP contribution in [0.1, 0.15) is 5.56 Å². The third-order valence-corrected chi connectivity index (χ3v) is 3.12. The van der Waals surface area contributed by atoms with E-state index in [1.165, 1.54) is 0 Å². The number of methoxy groups -OCH3 is 1. The van der Waals surface area contributed by atoms with Gasteiger partial charge in [-0.25, -0.2) is 0 Å². The van der Waals surface area contributed by atoms with Crippen molar-refractivity contribution in [3.8, 4) is 5.75 Å². The van der Waals surface area contributed by atoms with Crippen molar-refractivity contribution in [2.24, 2.45) is 0 Å². The van der Waals surface area contributed by atoms with Crippen LogP contribution in [0.25, 0.3) is 0 Å². The summed E-state index contributed by atoms with van der Waals surface area (Å²) in [6.45, 7) is 0. The van der Waals surface area contributed by atoms with Gasteiger partial charge in [0.25, 0.3) is 0 Å². The van der Waals surface area contributed by atoms with Crippen LogP contribution in [0.2, 0.25) is 0 Å². The lowest BCUT2D eigenvalue weighted by Gasteiger charge is -2.07. The van der Waals surface area contributed by atoms with Crippen LogP contribution in [0.4, 0.5) is 0 Å². The summed E-state index contributed by atoms with van der Waals surface area (Å²) < 4.78 is 7.20. The van der Waals surface area contributed by atoms with Gasteiger partial charge in [0.2, 0.25) is 0 Å². The number of ether oxygens (including phenoxy) is 1. The number of hydrogen-bond acceptors (Lipinski definition) is 1. The van der Waals surface area contributed by atoms with E-state index in [1.807, 2.05) is 12.1 Å². The van der Waals surface area contributed by atoms with Gasteiger partial charge in [0.1, 0.15) is 5.75 Å². The average molecular weight is 361 g/mol. The van der Waals surface area contributed by atoms with Gasteiger partial charge in [-0.05, 0) is 56.2 Å². The summed E-state index contributed by atoms with van der Waals surface area (Å²) >= 11 is 11.3. The number of benzene rings is 1. The largest absolute Gasteiger partial charge is 0.494 e. The van der Waals surface area contributed by atoms with Crippen LogP contribution in [0, 0.1) is 3.57 Å². The van der Waals surface area contributed by atoms with Gasteiger partial charge in [0.05, 0.1) is 15.2 Å². The minimum absolute atomic E-state index is 0.526. The van der Waals surface area contributed by atoms with Crippen LogP contribution in [0.3, 0.4) is 0 Å². The Balaban J connectivity index is 3.18. The molecule has 0 bridgehead atoms. The maximum Gasteiger partial charge on any atom is 0.146 e. The molecule has 66 valence electrons. The number of rotatable bonds is 2. The second-order valence-corrected chi connectivity index (χ2v) is 4.51. The molecule has 0 atom stereocenters. The maximum atomic E-state index is 5.70. The summed E-state index contributed by atoms with van der Waals surface area (Å²) in [6.07, 6.45) is 0. The Morgan fingerprint density at radius 2 is 2.25 bits per heavy atom. The lowest BCUT2D eigenvalue weighted by molar-refractivity contribution is 0.409. The molecular formula is C8H7BrClIO. The fourth-order valence-electron chi connectivity index (χ4n) is 0.885. The molecule has 0 saturated carbocycles. The van der Waals surface area contributed by atoms with Gasteiger partial charge < -0.3 is 4.74 Å². The minimum atomic E-state index is 0.526. The molecule has 0 aromatic heterocycles. The molecule has 0 spiro atoms. The molecule has 0 fully saturated rings.